The minimum atomic E-state index is -1.89. The van der Waals surface area contributed by atoms with Gasteiger partial charge in [-0.05, 0) is 54.7 Å². The minimum absolute atomic E-state index is 0.0235. The molecule has 6 rings (SSSR count). The molecule has 38 heavy (non-hydrogen) atoms. The van der Waals surface area contributed by atoms with Crippen LogP contribution >= 0.6 is 11.8 Å². The zero-order chi connectivity index (χ0) is 26.8. The van der Waals surface area contributed by atoms with E-state index in [0.717, 1.165) is 53.0 Å². The number of pyridine rings is 2. The normalized spacial score (nSPS) is 21.5. The standard InChI is InChI=1S/C29H30FN3O4S/c1-4-29(36)20-10-23-26-18(13-33(23)27(34)19(20)14-37-28(29)35)24-16(12-31-8-9-38-5-2)6-7-17-15(3)21(30)11-22(32-26)25(17)24/h10-12,16,36H,4-9,13-14H2,1-3H3/b31-12-/t16?,29-/m0/s1. The maximum atomic E-state index is 15.0. The van der Waals surface area contributed by atoms with Crippen molar-refractivity contribution in [3.05, 3.63) is 61.7 Å². The van der Waals surface area contributed by atoms with Gasteiger partial charge in [0, 0.05) is 47.0 Å². The molecule has 0 radical (unpaired) electrons. The number of aliphatic hydroxyl groups is 1. The molecule has 2 aliphatic heterocycles. The highest BCUT2D eigenvalue weighted by molar-refractivity contribution is 7.99. The largest absolute Gasteiger partial charge is 0.458 e. The van der Waals surface area contributed by atoms with E-state index in [9.17, 15) is 19.1 Å². The van der Waals surface area contributed by atoms with Crippen molar-refractivity contribution in [1.82, 2.24) is 9.55 Å². The number of aryl methyl sites for hydroxylation is 1. The molecule has 0 bridgehead atoms. The Bertz CT molecular complexity index is 1600. The molecular weight excluding hydrogens is 505 g/mol. The topological polar surface area (TPSA) is 93.8 Å². The molecule has 7 nitrogen and oxygen atoms in total. The summed E-state index contributed by atoms with van der Waals surface area (Å²) < 4.78 is 21.8. The lowest BCUT2D eigenvalue weighted by Crippen LogP contribution is -2.44. The summed E-state index contributed by atoms with van der Waals surface area (Å²) in [6, 6.07) is 3.19. The Morgan fingerprint density at radius 2 is 2.11 bits per heavy atom. The van der Waals surface area contributed by atoms with Crippen molar-refractivity contribution in [2.45, 2.75) is 64.7 Å². The van der Waals surface area contributed by atoms with Gasteiger partial charge in [-0.3, -0.25) is 9.79 Å². The van der Waals surface area contributed by atoms with Crippen LogP contribution in [0.4, 0.5) is 4.39 Å². The Morgan fingerprint density at radius 1 is 1.29 bits per heavy atom. The molecule has 0 amide bonds. The first-order chi connectivity index (χ1) is 18.3. The van der Waals surface area contributed by atoms with Crippen LogP contribution in [0.5, 0.6) is 0 Å². The third-order valence-corrected chi connectivity index (χ3v) is 9.16. The van der Waals surface area contributed by atoms with Crippen molar-refractivity contribution in [2.75, 3.05) is 18.1 Å². The van der Waals surface area contributed by atoms with Crippen LogP contribution in [0.1, 0.15) is 66.0 Å². The molecule has 2 atom stereocenters. The third kappa shape index (κ3) is 3.58. The fraction of sp³-hybridized carbons (Fsp3) is 0.448. The smallest absolute Gasteiger partial charge is 0.343 e. The summed E-state index contributed by atoms with van der Waals surface area (Å²) in [5.74, 6) is 0.985. The second-order valence-electron chi connectivity index (χ2n) is 10.2. The number of cyclic esters (lactones) is 1. The lowest BCUT2D eigenvalue weighted by atomic mass is 9.78. The highest BCUT2D eigenvalue weighted by atomic mass is 32.2. The summed E-state index contributed by atoms with van der Waals surface area (Å²) in [7, 11) is 0. The molecule has 1 unspecified atom stereocenters. The van der Waals surface area contributed by atoms with E-state index >= 15 is 0 Å². The molecule has 1 aromatic carbocycles. The number of nitrogens with zero attached hydrogens (tertiary/aromatic N) is 3. The molecule has 0 saturated carbocycles. The van der Waals surface area contributed by atoms with E-state index in [4.69, 9.17) is 14.7 Å². The number of carbonyl (C=O) groups excluding carboxylic acids is 1. The van der Waals surface area contributed by atoms with E-state index in [1.165, 1.54) is 6.07 Å². The summed E-state index contributed by atoms with van der Waals surface area (Å²) in [6.07, 6.45) is 3.63. The number of carbonyl (C=O) groups is 1. The van der Waals surface area contributed by atoms with Gasteiger partial charge in [0.25, 0.3) is 5.56 Å². The van der Waals surface area contributed by atoms with Crippen LogP contribution in [0.2, 0.25) is 0 Å². The first kappa shape index (κ1) is 25.2. The van der Waals surface area contributed by atoms with Gasteiger partial charge in [0.05, 0.1) is 29.0 Å². The van der Waals surface area contributed by atoms with E-state index in [-0.39, 0.29) is 41.4 Å². The quantitative estimate of drug-likeness (QED) is 0.224. The second-order valence-corrected chi connectivity index (χ2v) is 11.6. The number of ether oxygens (including phenoxy) is 1. The molecule has 2 aromatic heterocycles. The van der Waals surface area contributed by atoms with Crippen LogP contribution in [0.3, 0.4) is 0 Å². The van der Waals surface area contributed by atoms with E-state index in [1.807, 2.05) is 24.9 Å². The number of fused-ring (bicyclic) bond motifs is 5. The fourth-order valence-corrected chi connectivity index (χ4v) is 6.73. The molecule has 4 heterocycles. The number of hydrogen-bond acceptors (Lipinski definition) is 7. The third-order valence-electron chi connectivity index (χ3n) is 8.28. The van der Waals surface area contributed by atoms with Gasteiger partial charge in [0.15, 0.2) is 5.60 Å². The molecular formula is C29H30FN3O4S. The van der Waals surface area contributed by atoms with Crippen LogP contribution < -0.4 is 5.56 Å². The summed E-state index contributed by atoms with van der Waals surface area (Å²) in [5, 5.41) is 12.1. The molecule has 1 N–H and O–H groups in total. The van der Waals surface area contributed by atoms with Gasteiger partial charge in [-0.2, -0.15) is 11.8 Å². The average molecular weight is 536 g/mol. The van der Waals surface area contributed by atoms with Crippen LogP contribution in [-0.2, 0) is 34.7 Å². The van der Waals surface area contributed by atoms with Crippen molar-refractivity contribution in [1.29, 1.82) is 0 Å². The van der Waals surface area contributed by atoms with Crippen molar-refractivity contribution in [2.24, 2.45) is 4.99 Å². The maximum absolute atomic E-state index is 15.0. The lowest BCUT2D eigenvalue weighted by molar-refractivity contribution is -0.172. The van der Waals surface area contributed by atoms with Gasteiger partial charge in [0.1, 0.15) is 12.4 Å². The highest BCUT2D eigenvalue weighted by Crippen LogP contribution is 2.46. The molecule has 3 aromatic rings. The molecule has 3 aliphatic rings. The lowest BCUT2D eigenvalue weighted by Gasteiger charge is -2.31. The number of benzene rings is 1. The Morgan fingerprint density at radius 3 is 2.87 bits per heavy atom. The Balaban J connectivity index is 1.58. The van der Waals surface area contributed by atoms with Gasteiger partial charge in [-0.1, -0.05) is 13.8 Å². The molecule has 9 heteroatoms. The van der Waals surface area contributed by atoms with E-state index < -0.39 is 11.6 Å². The molecule has 0 fully saturated rings. The van der Waals surface area contributed by atoms with Crippen molar-refractivity contribution >= 4 is 34.8 Å². The SMILES string of the molecule is CCSCC/N=C\C1CCc2c(C)c(F)cc3nc4c(c1c23)Cn1c-4cc2c(c1=O)COC(=O)[C@]2(O)CC. The van der Waals surface area contributed by atoms with E-state index in [1.54, 1.807) is 17.6 Å². The number of hydrogen-bond donors (Lipinski definition) is 1. The monoisotopic (exact) mass is 535 g/mol. The summed E-state index contributed by atoms with van der Waals surface area (Å²) in [5.41, 5.74) is 3.66. The number of aliphatic imine (C=N–C) groups is 1. The molecule has 1 aliphatic carbocycles. The maximum Gasteiger partial charge on any atom is 0.343 e. The van der Waals surface area contributed by atoms with E-state index in [0.29, 0.717) is 29.0 Å². The van der Waals surface area contributed by atoms with Crippen LogP contribution in [-0.4, -0.2) is 44.9 Å². The van der Waals surface area contributed by atoms with Crippen LogP contribution in [0.25, 0.3) is 22.3 Å². The van der Waals surface area contributed by atoms with Crippen molar-refractivity contribution in [3.63, 3.8) is 0 Å². The Labute approximate surface area is 224 Å². The van der Waals surface area contributed by atoms with Crippen LogP contribution in [0.15, 0.2) is 21.9 Å². The molecule has 0 saturated heterocycles. The van der Waals surface area contributed by atoms with Gasteiger partial charge in [-0.15, -0.1) is 0 Å². The number of rotatable bonds is 6. The Kier molecular flexibility index (Phi) is 6.18. The zero-order valence-corrected chi connectivity index (χ0v) is 22.6. The predicted octanol–water partition coefficient (Wildman–Crippen LogP) is 4.38. The summed E-state index contributed by atoms with van der Waals surface area (Å²) in [6.45, 7) is 6.50. The van der Waals surface area contributed by atoms with Gasteiger partial charge >= 0.3 is 5.97 Å². The first-order valence-electron chi connectivity index (χ1n) is 13.2. The Hall–Kier alpha value is -3.04. The van der Waals surface area contributed by atoms with Gasteiger partial charge in [0.2, 0.25) is 0 Å². The van der Waals surface area contributed by atoms with E-state index in [2.05, 4.69) is 6.92 Å². The van der Waals surface area contributed by atoms with Gasteiger partial charge < -0.3 is 14.4 Å². The number of thioether (sulfide) groups is 1. The number of aromatic nitrogens is 2. The first-order valence-corrected chi connectivity index (χ1v) is 14.3. The summed E-state index contributed by atoms with van der Waals surface area (Å²) >= 11 is 1.85. The second kappa shape index (κ2) is 9.31. The molecule has 198 valence electrons. The van der Waals surface area contributed by atoms with Crippen LogP contribution in [0, 0.1) is 12.7 Å². The zero-order valence-electron chi connectivity index (χ0n) is 21.8. The van der Waals surface area contributed by atoms with Crippen molar-refractivity contribution in [3.8, 4) is 11.4 Å². The average Bonchev–Trinajstić information content (AvgIpc) is 3.28. The summed E-state index contributed by atoms with van der Waals surface area (Å²) in [4.78, 5) is 35.8. The van der Waals surface area contributed by atoms with Crippen molar-refractivity contribution < 1.29 is 19.0 Å². The van der Waals surface area contributed by atoms with Gasteiger partial charge in [-0.25, -0.2) is 14.2 Å². The fourth-order valence-electron chi connectivity index (χ4n) is 6.20. The number of halogens is 1. The number of esters is 1. The minimum Gasteiger partial charge on any atom is -0.458 e. The highest BCUT2D eigenvalue weighted by Gasteiger charge is 2.45. The predicted molar refractivity (Wildman–Crippen MR) is 147 cm³/mol. The molecule has 0 spiro atoms.